The number of esters is 1. The second kappa shape index (κ2) is 21.8. The summed E-state index contributed by atoms with van der Waals surface area (Å²) in [6, 6.07) is 4.83. The van der Waals surface area contributed by atoms with Crippen molar-refractivity contribution in [1.82, 2.24) is 15.1 Å². The number of carbonyl (C=O) groups is 2. The van der Waals surface area contributed by atoms with Gasteiger partial charge in [0.2, 0.25) is 0 Å². The van der Waals surface area contributed by atoms with E-state index >= 15 is 0 Å². The Morgan fingerprint density at radius 2 is 1.62 bits per heavy atom. The van der Waals surface area contributed by atoms with Gasteiger partial charge in [0.15, 0.2) is 18.7 Å². The monoisotopic (exact) mass is 900 g/mol. The molecule has 18 atom stereocenters. The molecule has 3 aliphatic rings. The van der Waals surface area contributed by atoms with Gasteiger partial charge in [-0.15, -0.1) is 0 Å². The van der Waals surface area contributed by atoms with Crippen LogP contribution in [-0.4, -0.2) is 167 Å². The molecule has 63 heavy (non-hydrogen) atoms. The van der Waals surface area contributed by atoms with Crippen molar-refractivity contribution in [1.29, 1.82) is 0 Å². The third kappa shape index (κ3) is 12.9. The van der Waals surface area contributed by atoms with E-state index in [1.807, 2.05) is 44.8 Å². The topological polar surface area (TPSA) is 198 Å². The van der Waals surface area contributed by atoms with Crippen LogP contribution in [0.4, 0.5) is 9.18 Å². The van der Waals surface area contributed by atoms with Crippen LogP contribution in [0.15, 0.2) is 24.3 Å². The average molecular weight is 900 g/mol. The first-order valence-corrected chi connectivity index (χ1v) is 22.5. The minimum absolute atomic E-state index is 0.0306. The fraction of sp³-hybridized carbons (Fsp3) is 0.826. The van der Waals surface area contributed by atoms with Crippen molar-refractivity contribution < 1.29 is 67.6 Å². The highest BCUT2D eigenvalue weighted by atomic mass is 19.1. The Morgan fingerprint density at radius 3 is 2.21 bits per heavy atom. The molecule has 0 bridgehead atoms. The number of halogens is 1. The number of rotatable bonds is 10. The maximum atomic E-state index is 14.5. The van der Waals surface area contributed by atoms with E-state index in [-0.39, 0.29) is 43.9 Å². The smallest absolute Gasteiger partial charge is 0.407 e. The SMILES string of the molecule is CC[C@H]1OC(=O)[C@H](C)[C@@H](O[C@H]2C[C@@](C)(OC)[C@@H](OC(=O)NCc3ccc(F)cc3)[C@H](C)O2)[C@H](C)[C@@H](O[C@@H]2O[C@H](C)C[C@H](N(C)C)[C@H]2O)[C@](C)(O)C[C@@H](C)CN(C)[C@H](C)[C@@H](O)[C@]1(C)O. The molecule has 0 aliphatic carbocycles. The molecule has 1 amide bonds. The molecular weight excluding hydrogens is 822 g/mol. The van der Waals surface area contributed by atoms with Crippen LogP contribution in [0.25, 0.3) is 0 Å². The summed E-state index contributed by atoms with van der Waals surface area (Å²) in [6.07, 6.45) is -9.77. The van der Waals surface area contributed by atoms with Gasteiger partial charge in [0, 0.05) is 44.6 Å². The van der Waals surface area contributed by atoms with Crippen molar-refractivity contribution in [3.8, 4) is 0 Å². The van der Waals surface area contributed by atoms with Gasteiger partial charge >= 0.3 is 12.1 Å². The Hall–Kier alpha value is -2.55. The van der Waals surface area contributed by atoms with Crippen LogP contribution < -0.4 is 5.32 Å². The molecule has 1 aromatic carbocycles. The van der Waals surface area contributed by atoms with E-state index in [4.69, 9.17) is 33.2 Å². The summed E-state index contributed by atoms with van der Waals surface area (Å²) in [5.41, 5.74) is -3.97. The fourth-order valence-corrected chi connectivity index (χ4v) is 9.88. The Labute approximate surface area is 374 Å². The van der Waals surface area contributed by atoms with Crippen molar-refractivity contribution in [3.05, 3.63) is 35.6 Å². The number of methoxy groups -OCH3 is 1. The highest BCUT2D eigenvalue weighted by Gasteiger charge is 2.53. The van der Waals surface area contributed by atoms with Crippen LogP contribution in [0.1, 0.15) is 100 Å². The summed E-state index contributed by atoms with van der Waals surface area (Å²) in [6.45, 7) is 17.9. The van der Waals surface area contributed by atoms with E-state index in [0.29, 0.717) is 18.5 Å². The number of amides is 1. The second-order valence-corrected chi connectivity index (χ2v) is 19.5. The van der Waals surface area contributed by atoms with E-state index < -0.39 is 108 Å². The molecule has 5 N–H and O–H groups in total. The molecule has 4 rings (SSSR count). The lowest BCUT2D eigenvalue weighted by Gasteiger charge is -2.49. The molecule has 0 aromatic heterocycles. The molecule has 3 heterocycles. The minimum Gasteiger partial charge on any atom is -0.459 e. The Bertz CT molecular complexity index is 1620. The molecule has 362 valence electrons. The molecule has 3 saturated heterocycles. The number of benzene rings is 1. The van der Waals surface area contributed by atoms with Gasteiger partial charge in [0.05, 0.1) is 35.9 Å². The third-order valence-electron chi connectivity index (χ3n) is 13.7. The third-order valence-corrected chi connectivity index (χ3v) is 13.7. The Balaban J connectivity index is 1.74. The van der Waals surface area contributed by atoms with E-state index in [1.165, 1.54) is 26.2 Å². The molecule has 0 radical (unpaired) electrons. The zero-order valence-corrected chi connectivity index (χ0v) is 39.9. The summed E-state index contributed by atoms with van der Waals surface area (Å²) < 4.78 is 57.7. The number of aliphatic hydroxyl groups is 4. The standard InChI is InChI=1S/C46H78FN3O13/c1-15-34-46(10,56)38(52)29(6)50(13)24-25(2)21-44(8,55)39(62-42-36(51)33(49(11)12)20-26(3)58-42)27(4)37(28(5)41(53)60-34)61-35-22-45(9,57-14)40(30(7)59-35)63-43(54)48-23-31-16-18-32(47)19-17-31/h16-19,25-30,33-40,42,51-52,55-56H,15,20-24H2,1-14H3,(H,48,54)/t25-,26-,27+,28-,29-,30+,33+,34-,35+,36-,37+,38-,39-,40+,42+,44-,45-,46-/m1/s1. The molecule has 3 fully saturated rings. The molecular formula is C46H78FN3O13. The number of ether oxygens (including phenoxy) is 7. The largest absolute Gasteiger partial charge is 0.459 e. The van der Waals surface area contributed by atoms with Crippen molar-refractivity contribution in [2.24, 2.45) is 17.8 Å². The zero-order chi connectivity index (χ0) is 47.4. The van der Waals surface area contributed by atoms with Crippen LogP contribution in [0.3, 0.4) is 0 Å². The van der Waals surface area contributed by atoms with Gasteiger partial charge in [-0.05, 0) is 112 Å². The van der Waals surface area contributed by atoms with Crippen LogP contribution in [0, 0.1) is 23.6 Å². The van der Waals surface area contributed by atoms with Crippen LogP contribution in [0.2, 0.25) is 0 Å². The fourth-order valence-electron chi connectivity index (χ4n) is 9.88. The van der Waals surface area contributed by atoms with E-state index in [2.05, 4.69) is 5.32 Å². The quantitative estimate of drug-likeness (QED) is 0.211. The highest BCUT2D eigenvalue weighted by Crippen LogP contribution is 2.41. The van der Waals surface area contributed by atoms with Gasteiger partial charge in [-0.3, -0.25) is 4.79 Å². The van der Waals surface area contributed by atoms with Crippen molar-refractivity contribution >= 4 is 12.1 Å². The first-order chi connectivity index (χ1) is 29.3. The van der Waals surface area contributed by atoms with E-state index in [9.17, 15) is 34.4 Å². The van der Waals surface area contributed by atoms with Crippen molar-refractivity contribution in [2.45, 2.75) is 192 Å². The molecule has 3 aliphatic heterocycles. The maximum Gasteiger partial charge on any atom is 0.407 e. The molecule has 17 heteroatoms. The Kier molecular flexibility index (Phi) is 18.4. The second-order valence-electron chi connectivity index (χ2n) is 19.5. The van der Waals surface area contributed by atoms with E-state index in [0.717, 1.165) is 0 Å². The first kappa shape index (κ1) is 53.1. The number of nitrogens with one attached hydrogen (secondary N) is 1. The summed E-state index contributed by atoms with van der Waals surface area (Å²) in [5.74, 6) is -3.23. The van der Waals surface area contributed by atoms with Crippen LogP contribution in [0.5, 0.6) is 0 Å². The summed E-state index contributed by atoms with van der Waals surface area (Å²) in [4.78, 5) is 31.4. The highest BCUT2D eigenvalue weighted by molar-refractivity contribution is 5.73. The predicted octanol–water partition coefficient (Wildman–Crippen LogP) is 3.97. The molecule has 0 unspecified atom stereocenters. The molecule has 1 aromatic rings. The normalized spacial score (nSPS) is 42.8. The number of carbonyl (C=O) groups excluding carboxylic acids is 2. The van der Waals surface area contributed by atoms with Gasteiger partial charge in [-0.1, -0.05) is 32.9 Å². The summed E-state index contributed by atoms with van der Waals surface area (Å²) in [7, 11) is 7.05. The number of cyclic esters (lactones) is 1. The van der Waals surface area contributed by atoms with Crippen molar-refractivity contribution in [3.63, 3.8) is 0 Å². The Morgan fingerprint density at radius 1 is 0.984 bits per heavy atom. The number of hydrogen-bond acceptors (Lipinski definition) is 15. The molecule has 0 saturated carbocycles. The number of hydrogen-bond donors (Lipinski definition) is 5. The summed E-state index contributed by atoms with van der Waals surface area (Å²) in [5, 5.41) is 50.5. The number of aliphatic hydroxyl groups excluding tert-OH is 2. The molecule has 0 spiro atoms. The maximum absolute atomic E-state index is 14.5. The average Bonchev–Trinajstić information content (AvgIpc) is 3.21. The van der Waals surface area contributed by atoms with E-state index in [1.54, 1.807) is 60.6 Å². The van der Waals surface area contributed by atoms with Gasteiger partial charge in [0.1, 0.15) is 35.3 Å². The van der Waals surface area contributed by atoms with Crippen molar-refractivity contribution in [2.75, 3.05) is 34.8 Å². The van der Waals surface area contributed by atoms with Gasteiger partial charge in [-0.2, -0.15) is 0 Å². The van der Waals surface area contributed by atoms with Gasteiger partial charge in [0.25, 0.3) is 0 Å². The first-order valence-electron chi connectivity index (χ1n) is 22.5. The lowest BCUT2D eigenvalue weighted by Crippen LogP contribution is -2.61. The number of likely N-dealkylation sites (N-methyl/N-ethyl adjacent to an activating group) is 2. The molecule has 16 nitrogen and oxygen atoms in total. The summed E-state index contributed by atoms with van der Waals surface area (Å²) >= 11 is 0. The predicted molar refractivity (Wildman–Crippen MR) is 232 cm³/mol. The lowest BCUT2D eigenvalue weighted by molar-refractivity contribution is -0.317. The van der Waals surface area contributed by atoms with Crippen LogP contribution >= 0.6 is 0 Å². The minimum atomic E-state index is -1.85. The number of alkyl carbamates (subject to hydrolysis) is 1. The van der Waals surface area contributed by atoms with Crippen LogP contribution in [-0.2, 0) is 44.5 Å². The number of nitrogens with zero attached hydrogens (tertiary/aromatic N) is 2. The van der Waals surface area contributed by atoms with Gasteiger partial charge < -0.3 is 68.7 Å². The zero-order valence-electron chi connectivity index (χ0n) is 39.9. The van der Waals surface area contributed by atoms with Gasteiger partial charge in [-0.25, -0.2) is 9.18 Å². The lowest BCUT2D eigenvalue weighted by atomic mass is 9.77.